The van der Waals surface area contributed by atoms with Crippen molar-refractivity contribution >= 4 is 35.6 Å². The van der Waals surface area contributed by atoms with Crippen LogP contribution in [0.15, 0.2) is 12.3 Å². The fourth-order valence-electron chi connectivity index (χ4n) is 0.832. The van der Waals surface area contributed by atoms with Crippen LogP contribution in [0.5, 0.6) is 0 Å². The Balaban J connectivity index is 3.56. The number of ether oxygens (including phenoxy) is 1. The molecule has 2 nitrogen and oxygen atoms in total. The van der Waals surface area contributed by atoms with E-state index in [0.29, 0.717) is 18.3 Å². The van der Waals surface area contributed by atoms with Crippen molar-refractivity contribution < 1.29 is 7.80 Å². The van der Waals surface area contributed by atoms with E-state index < -0.39 is 0 Å². The van der Waals surface area contributed by atoms with E-state index >= 15 is 0 Å². The van der Waals surface area contributed by atoms with Crippen molar-refractivity contribution in [1.82, 2.24) is 0 Å². The molecule has 0 aliphatic heterocycles. The zero-order valence-electron chi connectivity index (χ0n) is 8.12. The van der Waals surface area contributed by atoms with Crippen LogP contribution >= 0.6 is 35.6 Å². The van der Waals surface area contributed by atoms with E-state index in [9.17, 15) is 0 Å². The van der Waals surface area contributed by atoms with Gasteiger partial charge in [0.1, 0.15) is 35.7 Å². The van der Waals surface area contributed by atoms with Crippen molar-refractivity contribution in [3.05, 3.63) is 12.3 Å². The molecule has 0 saturated carbocycles. The largest absolute Gasteiger partial charge is 0.496 e. The zero-order valence-corrected chi connectivity index (χ0v) is 11.2. The standard InChI is InChI=1S/C9H17IO2S/c1-7(2)4-8(3)11-5-9(6-13)12-10/h7,9,13H,3-6H2,1-2H3. The van der Waals surface area contributed by atoms with Gasteiger partial charge in [-0.1, -0.05) is 20.4 Å². The number of hydrogen-bond donors (Lipinski definition) is 1. The van der Waals surface area contributed by atoms with E-state index in [1.165, 1.54) is 0 Å². The Hall–Kier alpha value is 0.580. The Bertz CT molecular complexity index is 147. The molecule has 78 valence electrons. The summed E-state index contributed by atoms with van der Waals surface area (Å²) in [7, 11) is 0. The highest BCUT2D eigenvalue weighted by Crippen LogP contribution is 2.11. The van der Waals surface area contributed by atoms with Gasteiger partial charge in [0.15, 0.2) is 0 Å². The van der Waals surface area contributed by atoms with Crippen LogP contribution in [0.1, 0.15) is 20.3 Å². The quantitative estimate of drug-likeness (QED) is 0.442. The molecule has 0 aromatic rings. The van der Waals surface area contributed by atoms with Crippen LogP contribution < -0.4 is 0 Å². The molecule has 0 radical (unpaired) electrons. The summed E-state index contributed by atoms with van der Waals surface area (Å²) in [6.07, 6.45) is 0.952. The van der Waals surface area contributed by atoms with Gasteiger partial charge >= 0.3 is 0 Å². The molecule has 1 atom stereocenters. The van der Waals surface area contributed by atoms with Crippen LogP contribution in [0.4, 0.5) is 0 Å². The topological polar surface area (TPSA) is 18.5 Å². The van der Waals surface area contributed by atoms with Crippen LogP contribution in [0, 0.1) is 5.92 Å². The Kier molecular flexibility index (Phi) is 8.29. The predicted octanol–water partition coefficient (Wildman–Crippen LogP) is 3.23. The Morgan fingerprint density at radius 3 is 2.54 bits per heavy atom. The first-order valence-corrected chi connectivity index (χ1v) is 5.80. The summed E-state index contributed by atoms with van der Waals surface area (Å²) < 4.78 is 10.5. The van der Waals surface area contributed by atoms with Crippen molar-refractivity contribution in [3.63, 3.8) is 0 Å². The molecule has 4 heteroatoms. The first-order chi connectivity index (χ1) is 6.10. The third-order valence-corrected chi connectivity index (χ3v) is 2.57. The van der Waals surface area contributed by atoms with Crippen molar-refractivity contribution in [3.8, 4) is 0 Å². The Morgan fingerprint density at radius 2 is 2.15 bits per heavy atom. The van der Waals surface area contributed by atoms with Crippen LogP contribution in [0.2, 0.25) is 0 Å². The molecule has 0 aliphatic carbocycles. The number of rotatable bonds is 7. The van der Waals surface area contributed by atoms with Gasteiger partial charge in [-0.2, -0.15) is 12.6 Å². The molecule has 0 aromatic carbocycles. The maximum atomic E-state index is 5.42. The number of thiol groups is 1. The highest BCUT2D eigenvalue weighted by atomic mass is 127. The fourth-order valence-corrected chi connectivity index (χ4v) is 1.62. The molecule has 0 heterocycles. The molecular weight excluding hydrogens is 299 g/mol. The Labute approximate surface area is 100 Å². The summed E-state index contributed by atoms with van der Waals surface area (Å²) in [4.78, 5) is 0. The average molecular weight is 316 g/mol. The number of allylic oxidation sites excluding steroid dienone is 1. The van der Waals surface area contributed by atoms with Gasteiger partial charge in [0.2, 0.25) is 0 Å². The first-order valence-electron chi connectivity index (χ1n) is 4.29. The monoisotopic (exact) mass is 316 g/mol. The summed E-state index contributed by atoms with van der Waals surface area (Å²) in [5.74, 6) is 2.08. The van der Waals surface area contributed by atoms with Crippen LogP contribution in [-0.4, -0.2) is 18.5 Å². The molecule has 0 bridgehead atoms. The lowest BCUT2D eigenvalue weighted by atomic mass is 10.1. The van der Waals surface area contributed by atoms with E-state index in [-0.39, 0.29) is 6.10 Å². The summed E-state index contributed by atoms with van der Waals surface area (Å²) in [6, 6.07) is 0. The molecule has 0 rings (SSSR count). The maximum absolute atomic E-state index is 5.42. The summed E-state index contributed by atoms with van der Waals surface area (Å²) in [5, 5.41) is 0. The predicted molar refractivity (Wildman–Crippen MR) is 67.3 cm³/mol. The minimum absolute atomic E-state index is 0.0489. The second kappa shape index (κ2) is 7.94. The first kappa shape index (κ1) is 13.6. The normalized spacial score (nSPS) is 13.0. The van der Waals surface area contributed by atoms with E-state index in [0.717, 1.165) is 12.2 Å². The molecule has 0 fully saturated rings. The third-order valence-electron chi connectivity index (χ3n) is 1.44. The minimum atomic E-state index is 0.0489. The summed E-state index contributed by atoms with van der Waals surface area (Å²) in [5.41, 5.74) is 0. The number of halogens is 1. The van der Waals surface area contributed by atoms with Gasteiger partial charge in [0.25, 0.3) is 0 Å². The van der Waals surface area contributed by atoms with Crippen molar-refractivity contribution in [2.45, 2.75) is 26.4 Å². The van der Waals surface area contributed by atoms with E-state index in [1.54, 1.807) is 0 Å². The van der Waals surface area contributed by atoms with E-state index in [4.69, 9.17) is 7.80 Å². The van der Waals surface area contributed by atoms with Gasteiger partial charge in [-0.15, -0.1) is 0 Å². The maximum Gasteiger partial charge on any atom is 0.116 e. The Morgan fingerprint density at radius 1 is 1.54 bits per heavy atom. The van der Waals surface area contributed by atoms with Gasteiger partial charge in [-0.25, -0.2) is 0 Å². The van der Waals surface area contributed by atoms with Gasteiger partial charge in [0.05, 0.1) is 5.76 Å². The average Bonchev–Trinajstić information content (AvgIpc) is 2.05. The molecule has 13 heavy (non-hydrogen) atoms. The molecule has 0 saturated heterocycles. The molecule has 1 unspecified atom stereocenters. The molecule has 0 aromatic heterocycles. The van der Waals surface area contributed by atoms with Gasteiger partial charge in [-0.3, -0.25) is 0 Å². The highest BCUT2D eigenvalue weighted by Gasteiger charge is 2.07. The molecule has 0 N–H and O–H groups in total. The van der Waals surface area contributed by atoms with E-state index in [1.807, 2.05) is 23.0 Å². The lowest BCUT2D eigenvalue weighted by Gasteiger charge is -2.15. The van der Waals surface area contributed by atoms with Crippen molar-refractivity contribution in [1.29, 1.82) is 0 Å². The molecule has 0 aliphatic rings. The summed E-state index contributed by atoms with van der Waals surface area (Å²) in [6.45, 7) is 8.65. The smallest absolute Gasteiger partial charge is 0.116 e. The van der Waals surface area contributed by atoms with Crippen LogP contribution in [0.25, 0.3) is 0 Å². The second-order valence-corrected chi connectivity index (χ2v) is 4.21. The fraction of sp³-hybridized carbons (Fsp3) is 0.778. The zero-order chi connectivity index (χ0) is 10.3. The molecular formula is C9H17IO2S. The lowest BCUT2D eigenvalue weighted by Crippen LogP contribution is -2.17. The second-order valence-electron chi connectivity index (χ2n) is 3.34. The van der Waals surface area contributed by atoms with Gasteiger partial charge < -0.3 is 7.80 Å². The third kappa shape index (κ3) is 7.64. The van der Waals surface area contributed by atoms with Crippen molar-refractivity contribution in [2.24, 2.45) is 5.92 Å². The number of hydrogen-bond acceptors (Lipinski definition) is 3. The van der Waals surface area contributed by atoms with Crippen molar-refractivity contribution in [2.75, 3.05) is 12.4 Å². The SMILES string of the molecule is C=C(CC(C)C)OCC(CS)OI. The summed E-state index contributed by atoms with van der Waals surface area (Å²) >= 11 is 5.99. The lowest BCUT2D eigenvalue weighted by molar-refractivity contribution is 0.123. The van der Waals surface area contributed by atoms with Gasteiger partial charge in [0, 0.05) is 12.2 Å². The molecule has 0 amide bonds. The highest BCUT2D eigenvalue weighted by molar-refractivity contribution is 14.1. The van der Waals surface area contributed by atoms with Crippen LogP contribution in [-0.2, 0) is 7.80 Å². The van der Waals surface area contributed by atoms with E-state index in [2.05, 4.69) is 33.1 Å². The molecule has 0 spiro atoms. The van der Waals surface area contributed by atoms with Crippen LogP contribution in [0.3, 0.4) is 0 Å². The van der Waals surface area contributed by atoms with Gasteiger partial charge in [-0.05, 0) is 5.92 Å². The minimum Gasteiger partial charge on any atom is -0.496 e.